The van der Waals surface area contributed by atoms with Crippen LogP contribution in [0.2, 0.25) is 0 Å². The predicted octanol–water partition coefficient (Wildman–Crippen LogP) is 1.09. The van der Waals surface area contributed by atoms with Crippen molar-refractivity contribution in [3.63, 3.8) is 0 Å². The lowest BCUT2D eigenvalue weighted by Crippen LogP contribution is -2.49. The minimum Gasteiger partial charge on any atom is -0.328 e. The highest BCUT2D eigenvalue weighted by molar-refractivity contribution is 7.91. The Balaban J connectivity index is 1.96. The summed E-state index contributed by atoms with van der Waals surface area (Å²) < 4.78 is 27.3. The molecule has 3 rings (SSSR count). The number of nitrogens with two attached hydrogens (primary N) is 1. The fourth-order valence-corrected chi connectivity index (χ4v) is 6.24. The zero-order valence-corrected chi connectivity index (χ0v) is 11.9. The van der Waals surface area contributed by atoms with Gasteiger partial charge in [-0.25, -0.2) is 13.4 Å². The molecule has 100 valence electrons. The molecule has 2 unspecified atom stereocenters. The Labute approximate surface area is 111 Å². The van der Waals surface area contributed by atoms with Gasteiger partial charge in [-0.3, -0.25) is 0 Å². The maximum Gasteiger partial charge on any atom is 0.254 e. The molecule has 1 aromatic rings. The van der Waals surface area contributed by atoms with Crippen molar-refractivity contribution in [1.82, 2.24) is 9.29 Å². The number of thiazole rings is 1. The Bertz CT molecular complexity index is 540. The minimum atomic E-state index is -3.37. The van der Waals surface area contributed by atoms with Crippen LogP contribution in [0.25, 0.3) is 0 Å². The maximum atomic E-state index is 12.6. The number of sulfonamides is 1. The van der Waals surface area contributed by atoms with E-state index in [4.69, 9.17) is 5.73 Å². The molecule has 1 aromatic heterocycles. The van der Waals surface area contributed by atoms with E-state index in [1.54, 1.807) is 4.31 Å². The number of aromatic nitrogens is 1. The van der Waals surface area contributed by atoms with E-state index < -0.39 is 10.0 Å². The van der Waals surface area contributed by atoms with E-state index in [9.17, 15) is 8.42 Å². The third kappa shape index (κ3) is 1.89. The van der Waals surface area contributed by atoms with Crippen LogP contribution >= 0.6 is 11.3 Å². The summed E-state index contributed by atoms with van der Waals surface area (Å²) in [7, 11) is -3.37. The lowest BCUT2D eigenvalue weighted by atomic mass is 10.0. The molecule has 0 spiro atoms. The van der Waals surface area contributed by atoms with Crippen molar-refractivity contribution in [3.05, 3.63) is 11.2 Å². The molecule has 2 saturated heterocycles. The van der Waals surface area contributed by atoms with Crippen molar-refractivity contribution in [2.45, 2.75) is 54.9 Å². The molecule has 2 aliphatic rings. The van der Waals surface area contributed by atoms with Crippen molar-refractivity contribution in [1.29, 1.82) is 0 Å². The van der Waals surface area contributed by atoms with Crippen LogP contribution in [0.1, 0.15) is 30.7 Å². The fourth-order valence-electron chi connectivity index (χ4n) is 3.13. The van der Waals surface area contributed by atoms with Gasteiger partial charge >= 0.3 is 0 Å². The number of fused-ring (bicyclic) bond motifs is 2. The van der Waals surface area contributed by atoms with Gasteiger partial charge in [-0.15, -0.1) is 11.3 Å². The summed E-state index contributed by atoms with van der Waals surface area (Å²) in [6.07, 6.45) is 4.93. The molecule has 18 heavy (non-hydrogen) atoms. The molecular formula is C11H17N3O2S2. The van der Waals surface area contributed by atoms with E-state index in [-0.39, 0.29) is 18.1 Å². The van der Waals surface area contributed by atoms with Gasteiger partial charge in [0.1, 0.15) is 0 Å². The van der Waals surface area contributed by atoms with Crippen LogP contribution in [0.3, 0.4) is 0 Å². The quantitative estimate of drug-likeness (QED) is 0.883. The molecule has 2 fully saturated rings. The van der Waals surface area contributed by atoms with Crippen molar-refractivity contribution in [2.75, 3.05) is 0 Å². The van der Waals surface area contributed by atoms with Gasteiger partial charge in [0.2, 0.25) is 0 Å². The molecule has 0 aromatic carbocycles. The van der Waals surface area contributed by atoms with Gasteiger partial charge in [0.25, 0.3) is 10.0 Å². The van der Waals surface area contributed by atoms with Crippen LogP contribution in [0.5, 0.6) is 0 Å². The highest BCUT2D eigenvalue weighted by Crippen LogP contribution is 2.40. The summed E-state index contributed by atoms with van der Waals surface area (Å²) in [6, 6.07) is 0.328. The van der Waals surface area contributed by atoms with Crippen LogP contribution < -0.4 is 5.73 Å². The lowest BCUT2D eigenvalue weighted by molar-refractivity contribution is 0.227. The third-order valence-electron chi connectivity index (χ3n) is 3.83. The second-order valence-electron chi connectivity index (χ2n) is 5.15. The molecule has 0 aliphatic carbocycles. The first-order valence-corrected chi connectivity index (χ1v) is 8.45. The molecule has 2 bridgehead atoms. The highest BCUT2D eigenvalue weighted by Gasteiger charge is 2.46. The smallest absolute Gasteiger partial charge is 0.254 e. The molecule has 2 aliphatic heterocycles. The Hall–Kier alpha value is -0.500. The van der Waals surface area contributed by atoms with E-state index in [0.29, 0.717) is 4.21 Å². The number of hydrogen-bond acceptors (Lipinski definition) is 5. The Morgan fingerprint density at radius 2 is 2.00 bits per heavy atom. The summed E-state index contributed by atoms with van der Waals surface area (Å²) in [5.41, 5.74) is 5.97. The van der Waals surface area contributed by atoms with E-state index in [1.165, 1.54) is 17.5 Å². The monoisotopic (exact) mass is 287 g/mol. The molecule has 3 heterocycles. The van der Waals surface area contributed by atoms with Gasteiger partial charge in [-0.2, -0.15) is 4.31 Å². The fraction of sp³-hybridized carbons (Fsp3) is 0.727. The number of aryl methyl sites for hydroxylation is 1. The molecular weight excluding hydrogens is 270 g/mol. The number of nitrogens with zero attached hydrogens (tertiary/aromatic N) is 2. The third-order valence-corrected chi connectivity index (χ3v) is 7.19. The largest absolute Gasteiger partial charge is 0.328 e. The van der Waals surface area contributed by atoms with Gasteiger partial charge in [0, 0.05) is 18.1 Å². The Morgan fingerprint density at radius 1 is 1.39 bits per heavy atom. The first-order chi connectivity index (χ1) is 8.48. The van der Waals surface area contributed by atoms with Crippen molar-refractivity contribution in [2.24, 2.45) is 5.73 Å². The Morgan fingerprint density at radius 3 is 2.50 bits per heavy atom. The van der Waals surface area contributed by atoms with E-state index in [0.717, 1.165) is 30.7 Å². The van der Waals surface area contributed by atoms with Crippen LogP contribution in [0, 0.1) is 6.92 Å². The number of rotatable bonds is 2. The Kier molecular flexibility index (Phi) is 2.97. The second-order valence-corrected chi connectivity index (χ2v) is 8.45. The van der Waals surface area contributed by atoms with Crippen LogP contribution in [-0.2, 0) is 10.0 Å². The minimum absolute atomic E-state index is 0.0890. The van der Waals surface area contributed by atoms with Gasteiger partial charge in [0.05, 0.1) is 11.2 Å². The number of hydrogen-bond donors (Lipinski definition) is 1. The first-order valence-electron chi connectivity index (χ1n) is 6.20. The van der Waals surface area contributed by atoms with Gasteiger partial charge in [-0.1, -0.05) is 0 Å². The van der Waals surface area contributed by atoms with Gasteiger partial charge < -0.3 is 5.73 Å². The van der Waals surface area contributed by atoms with E-state index in [1.807, 2.05) is 6.92 Å². The second kappa shape index (κ2) is 4.26. The molecule has 2 atom stereocenters. The molecule has 0 saturated carbocycles. The summed E-state index contributed by atoms with van der Waals surface area (Å²) in [5.74, 6) is 0. The summed E-state index contributed by atoms with van der Waals surface area (Å²) in [5, 5.41) is 0.787. The van der Waals surface area contributed by atoms with Crippen LogP contribution in [0.15, 0.2) is 10.4 Å². The summed E-state index contributed by atoms with van der Waals surface area (Å²) >= 11 is 1.25. The average molecular weight is 287 g/mol. The first kappa shape index (κ1) is 12.5. The van der Waals surface area contributed by atoms with Crippen molar-refractivity contribution >= 4 is 21.4 Å². The standard InChI is InChI=1S/C11H17N3O2S2/c1-7-13-6-11(17-7)18(15,16)14-9-2-3-10(14)5-8(12)4-9/h6,8-10H,2-5,12H2,1H3. The summed E-state index contributed by atoms with van der Waals surface area (Å²) in [6.45, 7) is 1.82. The van der Waals surface area contributed by atoms with Crippen molar-refractivity contribution in [3.8, 4) is 0 Å². The molecule has 5 nitrogen and oxygen atoms in total. The van der Waals surface area contributed by atoms with Gasteiger partial charge in [-0.05, 0) is 32.6 Å². The van der Waals surface area contributed by atoms with E-state index >= 15 is 0 Å². The molecule has 0 amide bonds. The van der Waals surface area contributed by atoms with Crippen LogP contribution in [0.4, 0.5) is 0 Å². The molecule has 7 heteroatoms. The lowest BCUT2D eigenvalue weighted by Gasteiger charge is -2.36. The van der Waals surface area contributed by atoms with Gasteiger partial charge in [0.15, 0.2) is 4.21 Å². The van der Waals surface area contributed by atoms with E-state index in [2.05, 4.69) is 4.98 Å². The molecule has 2 N–H and O–H groups in total. The SMILES string of the molecule is Cc1ncc(S(=O)(=O)N2C3CCC2CC(N)C3)s1. The van der Waals surface area contributed by atoms with Crippen molar-refractivity contribution < 1.29 is 8.42 Å². The van der Waals surface area contributed by atoms with Crippen LogP contribution in [-0.4, -0.2) is 35.8 Å². The average Bonchev–Trinajstić information content (AvgIpc) is 2.83. The normalized spacial score (nSPS) is 32.9. The highest BCUT2D eigenvalue weighted by atomic mass is 32.2. The zero-order chi connectivity index (χ0) is 12.9. The number of piperidine rings is 1. The summed E-state index contributed by atoms with van der Waals surface area (Å²) in [4.78, 5) is 4.05. The molecule has 0 radical (unpaired) electrons. The maximum absolute atomic E-state index is 12.6. The zero-order valence-electron chi connectivity index (χ0n) is 10.2. The topological polar surface area (TPSA) is 76.3 Å². The predicted molar refractivity (Wildman–Crippen MR) is 69.9 cm³/mol.